The van der Waals surface area contributed by atoms with Crippen LogP contribution in [0.25, 0.3) is 0 Å². The maximum Gasteiger partial charge on any atom is 0.253 e. The van der Waals surface area contributed by atoms with Gasteiger partial charge >= 0.3 is 0 Å². The number of para-hydroxylation sites is 1. The second-order valence-electron chi connectivity index (χ2n) is 4.64. The average molecular weight is 303 g/mol. The van der Waals surface area contributed by atoms with Crippen molar-refractivity contribution in [1.82, 2.24) is 9.55 Å². The third-order valence-electron chi connectivity index (χ3n) is 3.05. The topological polar surface area (TPSA) is 70.1 Å². The van der Waals surface area contributed by atoms with Gasteiger partial charge in [0, 0.05) is 11.8 Å². The van der Waals surface area contributed by atoms with Gasteiger partial charge in [0.15, 0.2) is 0 Å². The lowest BCUT2D eigenvalue weighted by molar-refractivity contribution is 0.293. The van der Waals surface area contributed by atoms with Crippen LogP contribution in [0.5, 0.6) is 5.75 Å². The highest BCUT2D eigenvalue weighted by molar-refractivity contribution is 7.80. The highest BCUT2D eigenvalue weighted by Gasteiger charge is 2.07. The van der Waals surface area contributed by atoms with Gasteiger partial charge in [-0.25, -0.2) is 4.98 Å². The molecule has 1 heterocycles. The zero-order valence-corrected chi connectivity index (χ0v) is 12.8. The largest absolute Gasteiger partial charge is 0.491 e. The third-order valence-corrected chi connectivity index (χ3v) is 3.27. The van der Waals surface area contributed by atoms with Crippen LogP contribution in [0, 0.1) is 13.8 Å². The minimum Gasteiger partial charge on any atom is -0.491 e. The van der Waals surface area contributed by atoms with E-state index in [9.17, 15) is 4.79 Å². The van der Waals surface area contributed by atoms with Crippen molar-refractivity contribution in [3.05, 3.63) is 57.8 Å². The Kier molecular flexibility index (Phi) is 4.70. The summed E-state index contributed by atoms with van der Waals surface area (Å²) in [4.78, 5) is 16.5. The molecule has 0 spiro atoms. The van der Waals surface area contributed by atoms with E-state index in [2.05, 4.69) is 4.98 Å². The molecule has 2 N–H and O–H groups in total. The molecule has 5 nitrogen and oxygen atoms in total. The number of hydrogen-bond acceptors (Lipinski definition) is 4. The van der Waals surface area contributed by atoms with Crippen LogP contribution < -0.4 is 16.0 Å². The monoisotopic (exact) mass is 303 g/mol. The molecular weight excluding hydrogens is 286 g/mol. The third kappa shape index (κ3) is 3.66. The molecule has 0 saturated carbocycles. The lowest BCUT2D eigenvalue weighted by atomic mass is 10.2. The van der Waals surface area contributed by atoms with Crippen LogP contribution in [0.1, 0.15) is 17.1 Å². The standard InChI is InChI=1S/C15H17N3O2S/c1-10-9-14(19)18(11(2)17-10)7-8-20-13-6-4-3-5-12(13)15(16)21/h3-6,9H,7-8H2,1-2H3,(H2,16,21). The van der Waals surface area contributed by atoms with E-state index in [1.54, 1.807) is 24.5 Å². The number of nitrogens with zero attached hydrogens (tertiary/aromatic N) is 2. The molecule has 0 atom stereocenters. The van der Waals surface area contributed by atoms with Crippen molar-refractivity contribution in [3.63, 3.8) is 0 Å². The van der Waals surface area contributed by atoms with Crippen molar-refractivity contribution in [3.8, 4) is 5.75 Å². The SMILES string of the molecule is Cc1cc(=O)n(CCOc2ccccc2C(N)=S)c(C)n1. The lowest BCUT2D eigenvalue weighted by Gasteiger charge is -2.13. The minimum atomic E-state index is -0.0776. The van der Waals surface area contributed by atoms with Gasteiger partial charge in [-0.1, -0.05) is 24.4 Å². The van der Waals surface area contributed by atoms with Crippen molar-refractivity contribution in [1.29, 1.82) is 0 Å². The molecule has 0 radical (unpaired) electrons. The first-order valence-corrected chi connectivity index (χ1v) is 6.96. The highest BCUT2D eigenvalue weighted by Crippen LogP contribution is 2.17. The summed E-state index contributed by atoms with van der Waals surface area (Å²) in [5, 5.41) is 0. The lowest BCUT2D eigenvalue weighted by Crippen LogP contribution is -2.26. The van der Waals surface area contributed by atoms with E-state index in [4.69, 9.17) is 22.7 Å². The normalized spacial score (nSPS) is 10.4. The summed E-state index contributed by atoms with van der Waals surface area (Å²) >= 11 is 4.98. The van der Waals surface area contributed by atoms with E-state index in [0.29, 0.717) is 36.0 Å². The second-order valence-corrected chi connectivity index (χ2v) is 5.08. The summed E-state index contributed by atoms with van der Waals surface area (Å²) in [5.41, 5.74) is 6.98. The van der Waals surface area contributed by atoms with Crippen LogP contribution in [0.4, 0.5) is 0 Å². The van der Waals surface area contributed by atoms with Gasteiger partial charge < -0.3 is 10.5 Å². The van der Waals surface area contributed by atoms with Crippen molar-refractivity contribution >= 4 is 17.2 Å². The molecule has 21 heavy (non-hydrogen) atoms. The number of rotatable bonds is 5. The van der Waals surface area contributed by atoms with Crippen LogP contribution in [-0.2, 0) is 6.54 Å². The molecule has 0 bridgehead atoms. The van der Waals surface area contributed by atoms with E-state index in [-0.39, 0.29) is 10.5 Å². The Hall–Kier alpha value is -2.21. The van der Waals surface area contributed by atoms with Crippen LogP contribution in [0.2, 0.25) is 0 Å². The molecule has 0 aliphatic heterocycles. The Morgan fingerprint density at radius 2 is 2.10 bits per heavy atom. The molecule has 0 fully saturated rings. The number of ether oxygens (including phenoxy) is 1. The van der Waals surface area contributed by atoms with Gasteiger partial charge in [0.2, 0.25) is 0 Å². The number of aromatic nitrogens is 2. The summed E-state index contributed by atoms with van der Waals surface area (Å²) in [5.74, 6) is 1.29. The van der Waals surface area contributed by atoms with Crippen molar-refractivity contribution in [2.24, 2.45) is 5.73 Å². The number of nitrogens with two attached hydrogens (primary N) is 1. The fourth-order valence-electron chi connectivity index (χ4n) is 2.08. The van der Waals surface area contributed by atoms with Crippen molar-refractivity contribution in [2.45, 2.75) is 20.4 Å². The Morgan fingerprint density at radius 1 is 1.38 bits per heavy atom. The summed E-state index contributed by atoms with van der Waals surface area (Å²) in [7, 11) is 0. The van der Waals surface area contributed by atoms with Gasteiger partial charge in [-0.15, -0.1) is 0 Å². The predicted octanol–water partition coefficient (Wildman–Crippen LogP) is 1.57. The van der Waals surface area contributed by atoms with E-state index in [1.165, 1.54) is 6.07 Å². The Balaban J connectivity index is 2.09. The number of aryl methyl sites for hydroxylation is 2. The Labute approximate surface area is 128 Å². The van der Waals surface area contributed by atoms with Gasteiger partial charge in [0.1, 0.15) is 23.2 Å². The summed E-state index contributed by atoms with van der Waals surface area (Å²) in [6.07, 6.45) is 0. The van der Waals surface area contributed by atoms with E-state index in [1.807, 2.05) is 18.2 Å². The molecule has 1 aromatic heterocycles. The fraction of sp³-hybridized carbons (Fsp3) is 0.267. The number of thiocarbonyl (C=S) groups is 1. The van der Waals surface area contributed by atoms with Gasteiger partial charge in [0.25, 0.3) is 5.56 Å². The first kappa shape index (κ1) is 15.2. The average Bonchev–Trinajstić information content (AvgIpc) is 2.42. The Morgan fingerprint density at radius 3 is 2.76 bits per heavy atom. The molecule has 1 aromatic carbocycles. The van der Waals surface area contributed by atoms with E-state index in [0.717, 1.165) is 0 Å². The first-order valence-electron chi connectivity index (χ1n) is 6.56. The van der Waals surface area contributed by atoms with Gasteiger partial charge in [0.05, 0.1) is 12.1 Å². The summed E-state index contributed by atoms with van der Waals surface area (Å²) < 4.78 is 7.27. The zero-order chi connectivity index (χ0) is 15.4. The molecule has 0 unspecified atom stereocenters. The molecule has 0 aliphatic carbocycles. The fourth-order valence-corrected chi connectivity index (χ4v) is 2.25. The zero-order valence-electron chi connectivity index (χ0n) is 12.0. The maximum absolute atomic E-state index is 11.9. The van der Waals surface area contributed by atoms with Crippen molar-refractivity contribution in [2.75, 3.05) is 6.61 Å². The quantitative estimate of drug-likeness (QED) is 0.849. The summed E-state index contributed by atoms with van der Waals surface area (Å²) in [6.45, 7) is 4.36. The molecule has 0 amide bonds. The van der Waals surface area contributed by atoms with Crippen LogP contribution in [0.15, 0.2) is 35.1 Å². The summed E-state index contributed by atoms with van der Waals surface area (Å²) in [6, 6.07) is 8.82. The second kappa shape index (κ2) is 6.49. The molecule has 2 rings (SSSR count). The van der Waals surface area contributed by atoms with Crippen LogP contribution in [0.3, 0.4) is 0 Å². The molecule has 0 saturated heterocycles. The molecular formula is C15H17N3O2S. The van der Waals surface area contributed by atoms with Crippen LogP contribution >= 0.6 is 12.2 Å². The van der Waals surface area contributed by atoms with Gasteiger partial charge in [-0.05, 0) is 26.0 Å². The van der Waals surface area contributed by atoms with E-state index < -0.39 is 0 Å². The van der Waals surface area contributed by atoms with Gasteiger partial charge in [-0.3, -0.25) is 9.36 Å². The van der Waals surface area contributed by atoms with Crippen LogP contribution in [-0.4, -0.2) is 21.1 Å². The number of benzene rings is 1. The maximum atomic E-state index is 11.9. The van der Waals surface area contributed by atoms with Crippen molar-refractivity contribution < 1.29 is 4.74 Å². The first-order chi connectivity index (χ1) is 9.99. The van der Waals surface area contributed by atoms with Gasteiger partial charge in [-0.2, -0.15) is 0 Å². The molecule has 6 heteroatoms. The Bertz CT molecular complexity index is 725. The molecule has 0 aliphatic rings. The number of hydrogen-bond donors (Lipinski definition) is 1. The minimum absolute atomic E-state index is 0.0776. The smallest absolute Gasteiger partial charge is 0.253 e. The predicted molar refractivity (Wildman–Crippen MR) is 85.8 cm³/mol. The molecule has 2 aromatic rings. The molecule has 110 valence electrons. The highest BCUT2D eigenvalue weighted by atomic mass is 32.1. The van der Waals surface area contributed by atoms with E-state index >= 15 is 0 Å².